The lowest BCUT2D eigenvalue weighted by molar-refractivity contribution is -0.114. The molecule has 2 aromatic carbocycles. The van der Waals surface area contributed by atoms with Gasteiger partial charge < -0.3 is 21.3 Å². The highest BCUT2D eigenvalue weighted by Crippen LogP contribution is 2.22. The second-order valence-electron chi connectivity index (χ2n) is 5.64. The van der Waals surface area contributed by atoms with Crippen molar-refractivity contribution in [3.63, 3.8) is 0 Å². The number of carbonyl (C=O) groups excluding carboxylic acids is 3. The Balaban J connectivity index is 1.79. The van der Waals surface area contributed by atoms with Crippen LogP contribution >= 0.6 is 23.2 Å². The third kappa shape index (κ3) is 6.40. The first kappa shape index (κ1) is 21.5. The Labute approximate surface area is 170 Å². The first-order valence-electron chi connectivity index (χ1n) is 8.11. The fraction of sp³-hybridized carbons (Fsp3) is 0.167. The molecule has 4 N–H and O–H groups in total. The van der Waals surface area contributed by atoms with Crippen molar-refractivity contribution >= 4 is 52.4 Å². The highest BCUT2D eigenvalue weighted by atomic mass is 35.5. The fourth-order valence-corrected chi connectivity index (χ4v) is 2.45. The Kier molecular flexibility index (Phi) is 7.60. The summed E-state index contributed by atoms with van der Waals surface area (Å²) in [5.74, 6) is -1.41. The quantitative estimate of drug-likeness (QED) is 0.530. The molecule has 0 aliphatic heterocycles. The minimum atomic E-state index is -0.619. The number of anilines is 2. The molecule has 148 valence electrons. The first-order chi connectivity index (χ1) is 13.3. The summed E-state index contributed by atoms with van der Waals surface area (Å²) in [5.41, 5.74) is 0.595. The van der Waals surface area contributed by atoms with Crippen LogP contribution in [0.1, 0.15) is 17.3 Å². The molecule has 28 heavy (non-hydrogen) atoms. The molecule has 4 amide bonds. The van der Waals surface area contributed by atoms with Crippen molar-refractivity contribution in [2.24, 2.45) is 0 Å². The van der Waals surface area contributed by atoms with E-state index in [1.807, 2.05) is 0 Å². The summed E-state index contributed by atoms with van der Waals surface area (Å²) in [7, 11) is 0. The standard InChI is InChI=1S/C18H17Cl2FN4O3/c1-10(26)24-16-9-12(3-5-15(16)21)25-18(28)23-7-6-22-17(27)11-2-4-13(19)14(20)8-11/h2-5,8-9H,6-7H2,1H3,(H,22,27)(H,24,26)(H2,23,25,28). The van der Waals surface area contributed by atoms with E-state index in [2.05, 4.69) is 21.3 Å². The van der Waals surface area contributed by atoms with Gasteiger partial charge in [-0.3, -0.25) is 9.59 Å². The van der Waals surface area contributed by atoms with Crippen LogP contribution in [0.4, 0.5) is 20.6 Å². The van der Waals surface area contributed by atoms with E-state index in [4.69, 9.17) is 23.2 Å². The van der Waals surface area contributed by atoms with Crippen LogP contribution in [0.5, 0.6) is 0 Å². The maximum absolute atomic E-state index is 13.6. The van der Waals surface area contributed by atoms with Crippen molar-refractivity contribution in [3.8, 4) is 0 Å². The van der Waals surface area contributed by atoms with E-state index in [-0.39, 0.29) is 29.7 Å². The normalized spacial score (nSPS) is 10.1. The van der Waals surface area contributed by atoms with Crippen LogP contribution < -0.4 is 21.3 Å². The molecule has 0 aliphatic carbocycles. The maximum Gasteiger partial charge on any atom is 0.319 e. The number of amides is 4. The van der Waals surface area contributed by atoms with E-state index < -0.39 is 17.8 Å². The third-order valence-electron chi connectivity index (χ3n) is 3.41. The fourth-order valence-electron chi connectivity index (χ4n) is 2.16. The van der Waals surface area contributed by atoms with Gasteiger partial charge in [0.05, 0.1) is 15.7 Å². The van der Waals surface area contributed by atoms with Crippen molar-refractivity contribution in [2.75, 3.05) is 23.7 Å². The summed E-state index contributed by atoms with van der Waals surface area (Å²) in [4.78, 5) is 34.9. The maximum atomic E-state index is 13.6. The van der Waals surface area contributed by atoms with Crippen LogP contribution in [0.15, 0.2) is 36.4 Å². The second-order valence-corrected chi connectivity index (χ2v) is 6.46. The van der Waals surface area contributed by atoms with Crippen LogP contribution in [0, 0.1) is 5.82 Å². The van der Waals surface area contributed by atoms with Gasteiger partial charge in [-0.05, 0) is 36.4 Å². The van der Waals surface area contributed by atoms with Gasteiger partial charge >= 0.3 is 6.03 Å². The van der Waals surface area contributed by atoms with Crippen LogP contribution in [-0.2, 0) is 4.79 Å². The van der Waals surface area contributed by atoms with E-state index in [1.165, 1.54) is 37.3 Å². The number of benzene rings is 2. The molecule has 0 spiro atoms. The van der Waals surface area contributed by atoms with Gasteiger partial charge in [-0.15, -0.1) is 0 Å². The largest absolute Gasteiger partial charge is 0.350 e. The predicted molar refractivity (Wildman–Crippen MR) is 107 cm³/mol. The molecular formula is C18H17Cl2FN4O3. The Hall–Kier alpha value is -2.84. The Bertz CT molecular complexity index is 908. The summed E-state index contributed by atoms with van der Waals surface area (Å²) in [5, 5.41) is 10.6. The van der Waals surface area contributed by atoms with E-state index in [1.54, 1.807) is 0 Å². The van der Waals surface area contributed by atoms with Crippen molar-refractivity contribution in [2.45, 2.75) is 6.92 Å². The van der Waals surface area contributed by atoms with Gasteiger partial charge in [0.2, 0.25) is 5.91 Å². The van der Waals surface area contributed by atoms with Gasteiger partial charge in [-0.2, -0.15) is 0 Å². The molecule has 0 aromatic heterocycles. The van der Waals surface area contributed by atoms with E-state index in [0.29, 0.717) is 16.3 Å². The smallest absolute Gasteiger partial charge is 0.319 e. The van der Waals surface area contributed by atoms with Crippen LogP contribution in [0.25, 0.3) is 0 Å². The van der Waals surface area contributed by atoms with E-state index >= 15 is 0 Å². The number of rotatable bonds is 6. The molecule has 0 heterocycles. The molecule has 0 aliphatic rings. The van der Waals surface area contributed by atoms with Gasteiger partial charge in [-0.1, -0.05) is 23.2 Å². The molecule has 10 heteroatoms. The summed E-state index contributed by atoms with van der Waals surface area (Å²) in [6, 6.07) is 7.71. The van der Waals surface area contributed by atoms with Crippen LogP contribution in [0.2, 0.25) is 10.0 Å². The number of urea groups is 1. The Morgan fingerprint density at radius 2 is 1.64 bits per heavy atom. The molecule has 0 saturated carbocycles. The second kappa shape index (κ2) is 9.91. The summed E-state index contributed by atoms with van der Waals surface area (Å²) >= 11 is 11.7. The minimum Gasteiger partial charge on any atom is -0.350 e. The lowest BCUT2D eigenvalue weighted by Gasteiger charge is -2.11. The molecule has 7 nitrogen and oxygen atoms in total. The van der Waals surface area contributed by atoms with Gasteiger partial charge in [0.1, 0.15) is 5.82 Å². The number of halogens is 3. The molecule has 0 bridgehead atoms. The van der Waals surface area contributed by atoms with Gasteiger partial charge in [0, 0.05) is 31.3 Å². The number of hydrogen-bond donors (Lipinski definition) is 4. The SMILES string of the molecule is CC(=O)Nc1cc(NC(=O)NCCNC(=O)c2ccc(Cl)c(Cl)c2)ccc1F. The molecule has 0 radical (unpaired) electrons. The van der Waals surface area contributed by atoms with Crippen LogP contribution in [0.3, 0.4) is 0 Å². The van der Waals surface area contributed by atoms with Crippen molar-refractivity contribution < 1.29 is 18.8 Å². The van der Waals surface area contributed by atoms with Gasteiger partial charge in [-0.25, -0.2) is 9.18 Å². The molecule has 0 unspecified atom stereocenters. The van der Waals surface area contributed by atoms with Gasteiger partial charge in [0.25, 0.3) is 5.91 Å². The minimum absolute atomic E-state index is 0.0424. The summed E-state index contributed by atoms with van der Waals surface area (Å²) < 4.78 is 13.6. The lowest BCUT2D eigenvalue weighted by atomic mass is 10.2. The third-order valence-corrected chi connectivity index (χ3v) is 4.15. The molecular weight excluding hydrogens is 410 g/mol. The zero-order chi connectivity index (χ0) is 20.7. The Morgan fingerprint density at radius 3 is 2.32 bits per heavy atom. The lowest BCUT2D eigenvalue weighted by Crippen LogP contribution is -2.36. The monoisotopic (exact) mass is 426 g/mol. The van der Waals surface area contributed by atoms with E-state index in [0.717, 1.165) is 6.07 Å². The molecule has 2 aromatic rings. The van der Waals surface area contributed by atoms with Crippen LogP contribution in [-0.4, -0.2) is 30.9 Å². The average Bonchev–Trinajstić information content (AvgIpc) is 2.63. The highest BCUT2D eigenvalue weighted by molar-refractivity contribution is 6.42. The molecule has 0 saturated heterocycles. The first-order valence-corrected chi connectivity index (χ1v) is 8.87. The zero-order valence-electron chi connectivity index (χ0n) is 14.7. The van der Waals surface area contributed by atoms with Crippen molar-refractivity contribution in [1.29, 1.82) is 0 Å². The van der Waals surface area contributed by atoms with Gasteiger partial charge in [0.15, 0.2) is 0 Å². The average molecular weight is 427 g/mol. The number of carbonyl (C=O) groups is 3. The summed E-state index contributed by atoms with van der Waals surface area (Å²) in [6.07, 6.45) is 0. The molecule has 0 atom stereocenters. The number of hydrogen-bond acceptors (Lipinski definition) is 3. The van der Waals surface area contributed by atoms with Crippen molar-refractivity contribution in [1.82, 2.24) is 10.6 Å². The number of nitrogens with one attached hydrogen (secondary N) is 4. The molecule has 0 fully saturated rings. The predicted octanol–water partition coefficient (Wildman–Crippen LogP) is 3.64. The van der Waals surface area contributed by atoms with E-state index in [9.17, 15) is 18.8 Å². The molecule has 2 rings (SSSR count). The zero-order valence-corrected chi connectivity index (χ0v) is 16.2. The topological polar surface area (TPSA) is 99.3 Å². The Morgan fingerprint density at radius 1 is 0.929 bits per heavy atom. The highest BCUT2D eigenvalue weighted by Gasteiger charge is 2.09. The van der Waals surface area contributed by atoms with Crippen molar-refractivity contribution in [3.05, 3.63) is 57.8 Å². The summed E-state index contributed by atoms with van der Waals surface area (Å²) in [6.45, 7) is 1.57.